The first-order chi connectivity index (χ1) is 5.77. The van der Waals surface area contributed by atoms with Gasteiger partial charge >= 0.3 is 5.35 Å². The molecule has 0 radical (unpaired) electrons. The minimum absolute atomic E-state index is 0.0213. The van der Waals surface area contributed by atoms with Crippen molar-refractivity contribution in [2.75, 3.05) is 0 Å². The first-order valence-electron chi connectivity index (χ1n) is 3.24. The zero-order valence-corrected chi connectivity index (χ0v) is 6.99. The maximum atomic E-state index is 5.45. The van der Waals surface area contributed by atoms with Crippen LogP contribution in [0.4, 0.5) is 0 Å². The van der Waals surface area contributed by atoms with Crippen molar-refractivity contribution in [2.24, 2.45) is 7.05 Å². The SMILES string of the molecule is Cn1ccnc1-c1noc(Cl)n1. The van der Waals surface area contributed by atoms with Gasteiger partial charge in [0.25, 0.3) is 0 Å². The summed E-state index contributed by atoms with van der Waals surface area (Å²) in [7, 11) is 1.84. The minimum atomic E-state index is 0.0213. The second kappa shape index (κ2) is 2.60. The highest BCUT2D eigenvalue weighted by Crippen LogP contribution is 2.14. The molecule has 5 nitrogen and oxygen atoms in total. The molecule has 0 amide bonds. The van der Waals surface area contributed by atoms with E-state index in [2.05, 4.69) is 19.6 Å². The van der Waals surface area contributed by atoms with E-state index in [0.717, 1.165) is 0 Å². The molecule has 62 valence electrons. The van der Waals surface area contributed by atoms with Gasteiger partial charge in [-0.15, -0.1) is 0 Å². The predicted octanol–water partition coefficient (Wildman–Crippen LogP) is 1.12. The standard InChI is InChI=1S/C6H5ClN4O/c1-11-3-2-8-5(11)4-9-6(7)12-10-4/h2-3H,1H3. The second-order valence-electron chi connectivity index (χ2n) is 2.23. The number of hydrogen-bond acceptors (Lipinski definition) is 4. The predicted molar refractivity (Wildman–Crippen MR) is 41.5 cm³/mol. The average Bonchev–Trinajstić information content (AvgIpc) is 2.58. The monoisotopic (exact) mass is 184 g/mol. The molecule has 0 saturated carbocycles. The van der Waals surface area contributed by atoms with Crippen molar-refractivity contribution in [3.05, 3.63) is 17.7 Å². The first-order valence-corrected chi connectivity index (χ1v) is 3.62. The molecule has 0 saturated heterocycles. The van der Waals surface area contributed by atoms with Crippen LogP contribution in [0, 0.1) is 0 Å². The molecule has 0 spiro atoms. The highest BCUT2D eigenvalue weighted by molar-refractivity contribution is 6.27. The van der Waals surface area contributed by atoms with Crippen LogP contribution in [-0.4, -0.2) is 19.7 Å². The molecule has 0 aromatic carbocycles. The summed E-state index contributed by atoms with van der Waals surface area (Å²) in [6, 6.07) is 0. The van der Waals surface area contributed by atoms with Gasteiger partial charge < -0.3 is 9.09 Å². The van der Waals surface area contributed by atoms with Crippen LogP contribution in [0.2, 0.25) is 5.35 Å². The van der Waals surface area contributed by atoms with E-state index in [4.69, 9.17) is 11.6 Å². The zero-order chi connectivity index (χ0) is 8.55. The average molecular weight is 185 g/mol. The number of rotatable bonds is 1. The zero-order valence-electron chi connectivity index (χ0n) is 6.23. The van der Waals surface area contributed by atoms with Gasteiger partial charge in [-0.25, -0.2) is 4.98 Å². The molecule has 0 aliphatic carbocycles. The lowest BCUT2D eigenvalue weighted by molar-refractivity contribution is 0.420. The van der Waals surface area contributed by atoms with E-state index in [0.29, 0.717) is 11.6 Å². The largest absolute Gasteiger partial charge is 0.331 e. The second-order valence-corrected chi connectivity index (χ2v) is 2.56. The molecule has 0 atom stereocenters. The van der Waals surface area contributed by atoms with E-state index in [-0.39, 0.29) is 5.35 Å². The van der Waals surface area contributed by atoms with Gasteiger partial charge in [0, 0.05) is 19.4 Å². The van der Waals surface area contributed by atoms with Crippen molar-refractivity contribution in [1.29, 1.82) is 0 Å². The first kappa shape index (κ1) is 7.30. The lowest BCUT2D eigenvalue weighted by Gasteiger charge is -1.91. The third kappa shape index (κ3) is 1.08. The molecule has 6 heteroatoms. The normalized spacial score (nSPS) is 10.5. The van der Waals surface area contributed by atoms with Gasteiger partial charge in [-0.2, -0.15) is 4.98 Å². The maximum absolute atomic E-state index is 5.45. The van der Waals surface area contributed by atoms with Gasteiger partial charge in [-0.1, -0.05) is 5.16 Å². The molecule has 2 aromatic heterocycles. The summed E-state index contributed by atoms with van der Waals surface area (Å²) in [4.78, 5) is 7.84. The molecule has 12 heavy (non-hydrogen) atoms. The molecule has 0 fully saturated rings. The van der Waals surface area contributed by atoms with Crippen molar-refractivity contribution in [3.8, 4) is 11.6 Å². The van der Waals surface area contributed by atoms with Crippen LogP contribution in [0.1, 0.15) is 0 Å². The Balaban J connectivity index is 2.50. The van der Waals surface area contributed by atoms with E-state index in [1.165, 1.54) is 0 Å². The van der Waals surface area contributed by atoms with Gasteiger partial charge in [0.05, 0.1) is 0 Å². The molecule has 0 unspecified atom stereocenters. The van der Waals surface area contributed by atoms with Gasteiger partial charge in [0.1, 0.15) is 0 Å². The summed E-state index contributed by atoms with van der Waals surface area (Å²) in [6.07, 6.45) is 3.44. The molecular weight excluding hydrogens is 180 g/mol. The van der Waals surface area contributed by atoms with E-state index < -0.39 is 0 Å². The summed E-state index contributed by atoms with van der Waals surface area (Å²) in [5.41, 5.74) is 0. The van der Waals surface area contributed by atoms with Crippen LogP contribution < -0.4 is 0 Å². The van der Waals surface area contributed by atoms with Crippen molar-refractivity contribution in [2.45, 2.75) is 0 Å². The van der Waals surface area contributed by atoms with Crippen LogP contribution in [0.25, 0.3) is 11.6 Å². The Hall–Kier alpha value is -1.36. The van der Waals surface area contributed by atoms with E-state index in [9.17, 15) is 0 Å². The highest BCUT2D eigenvalue weighted by Gasteiger charge is 2.10. The highest BCUT2D eigenvalue weighted by atomic mass is 35.5. The van der Waals surface area contributed by atoms with Crippen LogP contribution in [0.5, 0.6) is 0 Å². The molecule has 2 rings (SSSR count). The van der Waals surface area contributed by atoms with E-state index in [1.54, 1.807) is 17.0 Å². The van der Waals surface area contributed by atoms with Gasteiger partial charge in [0.2, 0.25) is 5.82 Å². The number of halogens is 1. The Labute approximate surface area is 73.0 Å². The topological polar surface area (TPSA) is 56.7 Å². The fourth-order valence-corrected chi connectivity index (χ4v) is 0.991. The molecule has 0 aliphatic rings. The molecule has 0 bridgehead atoms. The fraction of sp³-hybridized carbons (Fsp3) is 0.167. The maximum Gasteiger partial charge on any atom is 0.320 e. The quantitative estimate of drug-likeness (QED) is 0.667. The number of aryl methyl sites for hydroxylation is 1. The van der Waals surface area contributed by atoms with E-state index in [1.807, 2.05) is 7.05 Å². The third-order valence-corrected chi connectivity index (χ3v) is 1.58. The molecular formula is C6H5ClN4O. The number of imidazole rings is 1. The summed E-state index contributed by atoms with van der Waals surface area (Å²) in [5.74, 6) is 1.03. The molecule has 0 aliphatic heterocycles. The van der Waals surface area contributed by atoms with Crippen molar-refractivity contribution < 1.29 is 4.52 Å². The number of hydrogen-bond donors (Lipinski definition) is 0. The number of nitrogens with zero attached hydrogens (tertiary/aromatic N) is 4. The van der Waals surface area contributed by atoms with Crippen LogP contribution >= 0.6 is 11.6 Å². The fourth-order valence-electron chi connectivity index (χ4n) is 0.877. The van der Waals surface area contributed by atoms with Crippen molar-refractivity contribution in [3.63, 3.8) is 0 Å². The molecule has 2 aromatic rings. The Morgan fingerprint density at radius 1 is 1.58 bits per heavy atom. The summed E-state index contributed by atoms with van der Waals surface area (Å²) >= 11 is 5.45. The van der Waals surface area contributed by atoms with E-state index >= 15 is 0 Å². The van der Waals surface area contributed by atoms with Crippen LogP contribution in [0.15, 0.2) is 16.9 Å². The van der Waals surface area contributed by atoms with Crippen LogP contribution in [-0.2, 0) is 7.05 Å². The number of aromatic nitrogens is 4. The summed E-state index contributed by atoms with van der Waals surface area (Å²) in [6.45, 7) is 0. The minimum Gasteiger partial charge on any atom is -0.331 e. The summed E-state index contributed by atoms with van der Waals surface area (Å²) < 4.78 is 6.37. The lowest BCUT2D eigenvalue weighted by Crippen LogP contribution is -1.92. The smallest absolute Gasteiger partial charge is 0.320 e. The summed E-state index contributed by atoms with van der Waals surface area (Å²) in [5, 5.41) is 3.64. The molecule has 2 heterocycles. The van der Waals surface area contributed by atoms with Crippen molar-refractivity contribution >= 4 is 11.6 Å². The van der Waals surface area contributed by atoms with Crippen molar-refractivity contribution in [1.82, 2.24) is 19.7 Å². The Kier molecular flexibility index (Phi) is 1.58. The lowest BCUT2D eigenvalue weighted by atomic mass is 10.6. The Morgan fingerprint density at radius 3 is 2.92 bits per heavy atom. The van der Waals surface area contributed by atoms with Gasteiger partial charge in [-0.05, 0) is 11.6 Å². The third-order valence-electron chi connectivity index (χ3n) is 1.42. The Bertz CT molecular complexity index is 394. The van der Waals surface area contributed by atoms with Gasteiger partial charge in [-0.3, -0.25) is 0 Å². The molecule has 0 N–H and O–H groups in total. The van der Waals surface area contributed by atoms with Gasteiger partial charge in [0.15, 0.2) is 5.82 Å². The van der Waals surface area contributed by atoms with Crippen LogP contribution in [0.3, 0.4) is 0 Å². The Morgan fingerprint density at radius 2 is 2.42 bits per heavy atom.